The molecule has 0 spiro atoms. The van der Waals surface area contributed by atoms with Gasteiger partial charge in [0.15, 0.2) is 0 Å². The van der Waals surface area contributed by atoms with Crippen molar-refractivity contribution in [2.24, 2.45) is 0 Å². The molecule has 148 valence electrons. The fourth-order valence-electron chi connectivity index (χ4n) is 4.03. The highest BCUT2D eigenvalue weighted by Crippen LogP contribution is 2.43. The predicted octanol–water partition coefficient (Wildman–Crippen LogP) is 3.45. The van der Waals surface area contributed by atoms with Crippen molar-refractivity contribution in [1.29, 1.82) is 0 Å². The van der Waals surface area contributed by atoms with Gasteiger partial charge in [0.25, 0.3) is 0 Å². The molecule has 1 saturated heterocycles. The molecule has 1 heterocycles. The van der Waals surface area contributed by atoms with E-state index in [1.165, 1.54) is 11.6 Å². The molecule has 1 aromatic carbocycles. The summed E-state index contributed by atoms with van der Waals surface area (Å²) < 4.78 is 13.8. The van der Waals surface area contributed by atoms with Crippen LogP contribution >= 0.6 is 0 Å². The van der Waals surface area contributed by atoms with Crippen LogP contribution < -0.4 is 0 Å². The molecule has 3 rings (SSSR count). The van der Waals surface area contributed by atoms with Gasteiger partial charge >= 0.3 is 0 Å². The third-order valence-corrected chi connectivity index (χ3v) is 5.91. The Labute approximate surface area is 162 Å². The minimum absolute atomic E-state index is 0.0426. The number of allylic oxidation sites excluding steroid dienone is 1. The molecule has 5 heteroatoms. The van der Waals surface area contributed by atoms with Crippen molar-refractivity contribution in [2.75, 3.05) is 39.3 Å². The second-order valence-electron chi connectivity index (χ2n) is 7.81. The summed E-state index contributed by atoms with van der Waals surface area (Å²) in [6.07, 6.45) is 4.10. The molecule has 2 aliphatic rings. The van der Waals surface area contributed by atoms with E-state index in [0.29, 0.717) is 13.0 Å². The van der Waals surface area contributed by atoms with Crippen molar-refractivity contribution in [3.63, 3.8) is 0 Å². The summed E-state index contributed by atoms with van der Waals surface area (Å²) in [5, 5.41) is 0. The average Bonchev–Trinajstić information content (AvgIpc) is 3.48. The topological polar surface area (TPSA) is 26.8 Å². The van der Waals surface area contributed by atoms with Gasteiger partial charge in [0, 0.05) is 51.2 Å². The van der Waals surface area contributed by atoms with E-state index >= 15 is 0 Å². The van der Waals surface area contributed by atoms with Crippen LogP contribution in [0.4, 0.5) is 4.39 Å². The molecule has 0 aromatic heterocycles. The van der Waals surface area contributed by atoms with E-state index in [9.17, 15) is 9.18 Å². The number of benzene rings is 1. The van der Waals surface area contributed by atoms with Gasteiger partial charge in [-0.05, 0) is 25.3 Å². The molecule has 1 saturated carbocycles. The maximum absolute atomic E-state index is 13.8. The monoisotopic (exact) mass is 373 g/mol. The first-order valence-electron chi connectivity index (χ1n) is 10.2. The Morgan fingerprint density at radius 3 is 2.41 bits per heavy atom. The van der Waals surface area contributed by atoms with Gasteiger partial charge in [-0.1, -0.05) is 43.3 Å². The van der Waals surface area contributed by atoms with Crippen LogP contribution in [0.1, 0.15) is 38.7 Å². The van der Waals surface area contributed by atoms with Crippen LogP contribution in [0.2, 0.25) is 0 Å². The Morgan fingerprint density at radius 2 is 1.85 bits per heavy atom. The average molecular weight is 374 g/mol. The molecule has 27 heavy (non-hydrogen) atoms. The summed E-state index contributed by atoms with van der Waals surface area (Å²) in [5.41, 5.74) is 1.42. The number of carbonyl (C=O) groups excluding carboxylic acids is 1. The van der Waals surface area contributed by atoms with Gasteiger partial charge in [-0.2, -0.15) is 0 Å². The largest absolute Gasteiger partial charge is 0.334 e. The Hall–Kier alpha value is -1.72. The van der Waals surface area contributed by atoms with Crippen molar-refractivity contribution < 1.29 is 9.18 Å². The first-order chi connectivity index (χ1) is 13.1. The lowest BCUT2D eigenvalue weighted by Crippen LogP contribution is -2.55. The van der Waals surface area contributed by atoms with Crippen molar-refractivity contribution >= 4 is 5.91 Å². The number of nitrogens with zero attached hydrogens (tertiary/aromatic N) is 3. The summed E-state index contributed by atoms with van der Waals surface area (Å²) in [6, 6.07) is 10.6. The highest BCUT2D eigenvalue weighted by molar-refractivity contribution is 5.76. The van der Waals surface area contributed by atoms with E-state index in [2.05, 4.69) is 40.1 Å². The second-order valence-corrected chi connectivity index (χ2v) is 7.81. The molecule has 0 atom stereocenters. The number of hydrogen-bond acceptors (Lipinski definition) is 3. The fraction of sp³-hybridized carbons (Fsp3) is 0.591. The lowest BCUT2D eigenvalue weighted by Gasteiger charge is -2.41. The molecule has 0 radical (unpaired) electrons. The summed E-state index contributed by atoms with van der Waals surface area (Å²) in [5.74, 6) is -0.179. The normalized spacial score (nSPS) is 20.5. The third kappa shape index (κ3) is 5.17. The maximum Gasteiger partial charge on any atom is 0.222 e. The summed E-state index contributed by atoms with van der Waals surface area (Å²) >= 11 is 0. The second kappa shape index (κ2) is 8.98. The fourth-order valence-corrected chi connectivity index (χ4v) is 4.03. The van der Waals surface area contributed by atoms with Crippen molar-refractivity contribution in [1.82, 2.24) is 14.7 Å². The molecule has 1 aromatic rings. The van der Waals surface area contributed by atoms with Crippen LogP contribution in [0.15, 0.2) is 42.2 Å². The minimum atomic E-state index is -0.222. The Morgan fingerprint density at radius 1 is 1.19 bits per heavy atom. The molecule has 1 amide bonds. The van der Waals surface area contributed by atoms with Gasteiger partial charge in [0.05, 0.1) is 6.54 Å². The number of rotatable bonds is 8. The molecule has 0 bridgehead atoms. The van der Waals surface area contributed by atoms with E-state index in [1.807, 2.05) is 6.92 Å². The standard InChI is InChI=1S/C22H32FN3O/c1-3-20(23)17-25(21(27)4-2)18-22(10-11-22)26-14-12-24(13-15-26)16-19-8-6-5-7-9-19/h3,5-9H,4,10-18H2,1-2H3/b20-3+. The number of piperazine rings is 1. The van der Waals surface area contributed by atoms with Crippen LogP contribution in [0.3, 0.4) is 0 Å². The summed E-state index contributed by atoms with van der Waals surface area (Å²) in [4.78, 5) is 19.1. The number of halogens is 1. The minimum Gasteiger partial charge on any atom is -0.334 e. The number of amides is 1. The van der Waals surface area contributed by atoms with E-state index in [4.69, 9.17) is 0 Å². The van der Waals surface area contributed by atoms with E-state index in [1.54, 1.807) is 11.8 Å². The lowest BCUT2D eigenvalue weighted by molar-refractivity contribution is -0.132. The van der Waals surface area contributed by atoms with Crippen LogP contribution in [0.25, 0.3) is 0 Å². The maximum atomic E-state index is 13.8. The highest BCUT2D eigenvalue weighted by Gasteiger charge is 2.50. The number of carbonyl (C=O) groups is 1. The predicted molar refractivity (Wildman–Crippen MR) is 107 cm³/mol. The molecular weight excluding hydrogens is 341 g/mol. The molecular formula is C22H32FN3O. The first kappa shape index (κ1) is 20.0. The first-order valence-corrected chi connectivity index (χ1v) is 10.2. The van der Waals surface area contributed by atoms with Gasteiger partial charge in [-0.25, -0.2) is 4.39 Å². The van der Waals surface area contributed by atoms with Crippen LogP contribution in [-0.2, 0) is 11.3 Å². The van der Waals surface area contributed by atoms with Crippen molar-refractivity contribution in [3.8, 4) is 0 Å². The summed E-state index contributed by atoms with van der Waals surface area (Å²) in [7, 11) is 0. The van der Waals surface area contributed by atoms with E-state index < -0.39 is 0 Å². The molecule has 0 N–H and O–H groups in total. The van der Waals surface area contributed by atoms with Gasteiger partial charge in [0.2, 0.25) is 5.91 Å². The van der Waals surface area contributed by atoms with E-state index in [0.717, 1.165) is 45.6 Å². The quantitative estimate of drug-likeness (QED) is 0.698. The molecule has 4 nitrogen and oxygen atoms in total. The van der Waals surface area contributed by atoms with Gasteiger partial charge in [-0.15, -0.1) is 0 Å². The van der Waals surface area contributed by atoms with Crippen LogP contribution in [0.5, 0.6) is 0 Å². The van der Waals surface area contributed by atoms with Crippen LogP contribution in [-0.4, -0.2) is 65.4 Å². The zero-order valence-electron chi connectivity index (χ0n) is 16.7. The molecule has 1 aliphatic heterocycles. The van der Waals surface area contributed by atoms with Crippen molar-refractivity contribution in [2.45, 2.75) is 45.2 Å². The van der Waals surface area contributed by atoms with Gasteiger partial charge in [-0.3, -0.25) is 14.6 Å². The van der Waals surface area contributed by atoms with Gasteiger partial charge in [0.1, 0.15) is 5.83 Å². The van der Waals surface area contributed by atoms with Crippen molar-refractivity contribution in [3.05, 3.63) is 47.8 Å². The van der Waals surface area contributed by atoms with Gasteiger partial charge < -0.3 is 4.90 Å². The van der Waals surface area contributed by atoms with Crippen LogP contribution in [0, 0.1) is 0 Å². The molecule has 2 fully saturated rings. The Balaban J connectivity index is 1.55. The highest BCUT2D eigenvalue weighted by atomic mass is 19.1. The molecule has 1 aliphatic carbocycles. The Bertz CT molecular complexity index is 649. The Kier molecular flexibility index (Phi) is 6.66. The van der Waals surface area contributed by atoms with E-state index in [-0.39, 0.29) is 23.8 Å². The zero-order valence-corrected chi connectivity index (χ0v) is 16.7. The summed E-state index contributed by atoms with van der Waals surface area (Å²) in [6.45, 7) is 9.42. The zero-order chi connectivity index (χ0) is 19.3. The molecule has 0 unspecified atom stereocenters. The smallest absolute Gasteiger partial charge is 0.222 e. The SMILES string of the molecule is C/C=C(/F)CN(CC1(N2CCN(Cc3ccccc3)CC2)CC1)C(=O)CC. The number of hydrogen-bond donors (Lipinski definition) is 0. The third-order valence-electron chi connectivity index (χ3n) is 5.91. The lowest BCUT2D eigenvalue weighted by atomic mass is 10.1.